The van der Waals surface area contributed by atoms with Gasteiger partial charge in [-0.25, -0.2) is 8.42 Å². The first-order chi connectivity index (χ1) is 16.3. The number of hydrogen-bond donors (Lipinski definition) is 2. The van der Waals surface area contributed by atoms with E-state index >= 15 is 0 Å². The van der Waals surface area contributed by atoms with Crippen LogP contribution in [0.25, 0.3) is 0 Å². The molecule has 0 spiro atoms. The van der Waals surface area contributed by atoms with E-state index in [9.17, 15) is 18.0 Å². The van der Waals surface area contributed by atoms with Crippen molar-refractivity contribution in [3.63, 3.8) is 0 Å². The molecule has 0 saturated carbocycles. The molecule has 182 valence electrons. The van der Waals surface area contributed by atoms with E-state index < -0.39 is 27.9 Å². The van der Waals surface area contributed by atoms with E-state index in [-0.39, 0.29) is 36.3 Å². The van der Waals surface area contributed by atoms with E-state index in [1.165, 1.54) is 28.6 Å². The van der Waals surface area contributed by atoms with Gasteiger partial charge in [0.2, 0.25) is 22.7 Å². The van der Waals surface area contributed by atoms with Crippen LogP contribution in [-0.2, 0) is 19.6 Å². The summed E-state index contributed by atoms with van der Waals surface area (Å²) < 4.78 is 43.0. The van der Waals surface area contributed by atoms with E-state index in [1.54, 1.807) is 18.2 Å². The second-order valence-electron chi connectivity index (χ2n) is 8.30. The summed E-state index contributed by atoms with van der Waals surface area (Å²) in [6.45, 7) is 4.91. The van der Waals surface area contributed by atoms with Crippen molar-refractivity contribution >= 4 is 27.5 Å². The number of amides is 2. The zero-order chi connectivity index (χ0) is 24.3. The Morgan fingerprint density at radius 2 is 1.74 bits per heavy atom. The molecule has 1 fully saturated rings. The van der Waals surface area contributed by atoms with Crippen molar-refractivity contribution in [2.75, 3.05) is 38.4 Å². The molecule has 2 aromatic carbocycles. The van der Waals surface area contributed by atoms with Crippen LogP contribution in [0.1, 0.15) is 24.2 Å². The largest absolute Gasteiger partial charge is 0.454 e. The van der Waals surface area contributed by atoms with Crippen LogP contribution in [0.3, 0.4) is 0 Å². The van der Waals surface area contributed by atoms with E-state index in [1.807, 2.05) is 13.8 Å². The minimum atomic E-state index is -3.75. The molecule has 4 rings (SSSR count). The maximum Gasteiger partial charge on any atom is 0.251 e. The van der Waals surface area contributed by atoms with Gasteiger partial charge in [0.15, 0.2) is 11.5 Å². The van der Waals surface area contributed by atoms with Gasteiger partial charge < -0.3 is 24.8 Å². The maximum atomic E-state index is 13.0. The average molecular weight is 490 g/mol. The number of nitrogens with zero attached hydrogens (tertiary/aromatic N) is 1. The summed E-state index contributed by atoms with van der Waals surface area (Å²) in [4.78, 5) is 25.9. The number of carbonyl (C=O) groups is 2. The molecule has 0 aromatic heterocycles. The second-order valence-corrected chi connectivity index (χ2v) is 10.2. The highest BCUT2D eigenvalue weighted by molar-refractivity contribution is 7.89. The minimum absolute atomic E-state index is 0.0213. The molecule has 2 heterocycles. The number of ether oxygens (including phenoxy) is 3. The smallest absolute Gasteiger partial charge is 0.251 e. The fraction of sp³-hybridized carbons (Fsp3) is 0.391. The number of anilines is 1. The van der Waals surface area contributed by atoms with Crippen molar-refractivity contribution in [1.29, 1.82) is 0 Å². The molecule has 2 aliphatic heterocycles. The van der Waals surface area contributed by atoms with Gasteiger partial charge in [0.05, 0.1) is 18.1 Å². The summed E-state index contributed by atoms with van der Waals surface area (Å²) in [6.07, 6.45) is 0. The predicted molar refractivity (Wildman–Crippen MR) is 123 cm³/mol. The molecular formula is C23H27N3O7S. The first-order valence-corrected chi connectivity index (χ1v) is 12.4. The van der Waals surface area contributed by atoms with Crippen molar-refractivity contribution in [2.45, 2.75) is 24.8 Å². The molecule has 0 bridgehead atoms. The molecule has 2 aromatic rings. The van der Waals surface area contributed by atoms with Gasteiger partial charge in [-0.1, -0.05) is 19.9 Å². The number of carbonyl (C=O) groups excluding carboxylic acids is 2. The first kappa shape index (κ1) is 24.0. The number of rotatable bonds is 7. The van der Waals surface area contributed by atoms with Crippen molar-refractivity contribution in [2.24, 2.45) is 5.92 Å². The third-order valence-corrected chi connectivity index (χ3v) is 7.47. The van der Waals surface area contributed by atoms with Crippen molar-refractivity contribution < 1.29 is 32.2 Å². The lowest BCUT2D eigenvalue weighted by molar-refractivity contribution is -0.118. The molecular weight excluding hydrogens is 462 g/mol. The van der Waals surface area contributed by atoms with E-state index in [0.29, 0.717) is 30.4 Å². The van der Waals surface area contributed by atoms with Crippen LogP contribution in [0.5, 0.6) is 11.5 Å². The Balaban J connectivity index is 1.47. The molecule has 2 aliphatic rings. The number of fused-ring (bicyclic) bond motifs is 1. The zero-order valence-corrected chi connectivity index (χ0v) is 19.8. The fourth-order valence-corrected chi connectivity index (χ4v) is 5.14. The molecule has 2 N–H and O–H groups in total. The van der Waals surface area contributed by atoms with Crippen LogP contribution in [-0.4, -0.2) is 63.7 Å². The Morgan fingerprint density at radius 3 is 2.47 bits per heavy atom. The Bertz CT molecular complexity index is 1180. The summed E-state index contributed by atoms with van der Waals surface area (Å²) in [6, 6.07) is 9.99. The third-order valence-electron chi connectivity index (χ3n) is 5.58. The summed E-state index contributed by atoms with van der Waals surface area (Å²) in [5.74, 6) is -0.0454. The molecule has 0 unspecified atom stereocenters. The second kappa shape index (κ2) is 10.00. The summed E-state index contributed by atoms with van der Waals surface area (Å²) in [7, 11) is -3.75. The monoisotopic (exact) mass is 489 g/mol. The lowest BCUT2D eigenvalue weighted by Gasteiger charge is -2.26. The Hall–Kier alpha value is -3.15. The predicted octanol–water partition coefficient (Wildman–Crippen LogP) is 1.83. The molecule has 10 nitrogen and oxygen atoms in total. The van der Waals surface area contributed by atoms with Crippen LogP contribution < -0.4 is 20.1 Å². The molecule has 1 atom stereocenters. The standard InChI is InChI=1S/C23H27N3O7S/c1-15(2)21(23(28)24-17-6-7-19-20(13-17)33-14-32-19)25-22(27)16-4-3-5-18(12-16)34(29,30)26-8-10-31-11-9-26/h3-7,12-13,15,21H,8-11,14H2,1-2H3,(H,24,28)(H,25,27)/t21-/m0/s1. The average Bonchev–Trinajstić information content (AvgIpc) is 3.30. The minimum Gasteiger partial charge on any atom is -0.454 e. The number of morpholine rings is 1. The molecule has 11 heteroatoms. The highest BCUT2D eigenvalue weighted by atomic mass is 32.2. The van der Waals surface area contributed by atoms with Crippen LogP contribution in [0.15, 0.2) is 47.4 Å². The molecule has 0 aliphatic carbocycles. The van der Waals surface area contributed by atoms with Crippen LogP contribution in [0.4, 0.5) is 5.69 Å². The summed E-state index contributed by atoms with van der Waals surface area (Å²) in [5.41, 5.74) is 0.656. The highest BCUT2D eigenvalue weighted by Crippen LogP contribution is 2.34. The first-order valence-electron chi connectivity index (χ1n) is 10.9. The molecule has 1 saturated heterocycles. The lowest BCUT2D eigenvalue weighted by Crippen LogP contribution is -2.47. The van der Waals surface area contributed by atoms with E-state index in [4.69, 9.17) is 14.2 Å². The van der Waals surface area contributed by atoms with Crippen LogP contribution >= 0.6 is 0 Å². The third kappa shape index (κ3) is 5.16. The van der Waals surface area contributed by atoms with Gasteiger partial charge in [-0.05, 0) is 36.2 Å². The number of nitrogens with one attached hydrogen (secondary N) is 2. The van der Waals surface area contributed by atoms with E-state index in [0.717, 1.165) is 0 Å². The molecule has 34 heavy (non-hydrogen) atoms. The Kier molecular flexibility index (Phi) is 7.05. The van der Waals surface area contributed by atoms with Crippen LogP contribution in [0.2, 0.25) is 0 Å². The normalized spacial score (nSPS) is 16.8. The van der Waals surface area contributed by atoms with Gasteiger partial charge in [-0.3, -0.25) is 9.59 Å². The van der Waals surface area contributed by atoms with Gasteiger partial charge in [0.1, 0.15) is 6.04 Å². The van der Waals surface area contributed by atoms with Gasteiger partial charge in [0.25, 0.3) is 5.91 Å². The van der Waals surface area contributed by atoms with Gasteiger partial charge in [-0.15, -0.1) is 0 Å². The SMILES string of the molecule is CC(C)[C@H](NC(=O)c1cccc(S(=O)(=O)N2CCOCC2)c1)C(=O)Nc1ccc2c(c1)OCO2. The quantitative estimate of drug-likeness (QED) is 0.608. The topological polar surface area (TPSA) is 123 Å². The maximum absolute atomic E-state index is 13.0. The summed E-state index contributed by atoms with van der Waals surface area (Å²) in [5, 5.41) is 5.51. The van der Waals surface area contributed by atoms with Crippen molar-refractivity contribution in [1.82, 2.24) is 9.62 Å². The van der Waals surface area contributed by atoms with Gasteiger partial charge in [-0.2, -0.15) is 4.31 Å². The number of benzene rings is 2. The van der Waals surface area contributed by atoms with Crippen LogP contribution in [0, 0.1) is 5.92 Å². The fourth-order valence-electron chi connectivity index (χ4n) is 3.69. The summed E-state index contributed by atoms with van der Waals surface area (Å²) >= 11 is 0. The lowest BCUT2D eigenvalue weighted by atomic mass is 10.0. The zero-order valence-electron chi connectivity index (χ0n) is 18.9. The number of sulfonamides is 1. The van der Waals surface area contributed by atoms with E-state index in [2.05, 4.69) is 10.6 Å². The Morgan fingerprint density at radius 1 is 1.00 bits per heavy atom. The number of hydrogen-bond acceptors (Lipinski definition) is 7. The van der Waals surface area contributed by atoms with Gasteiger partial charge in [0, 0.05) is 30.4 Å². The van der Waals surface area contributed by atoms with Crippen molar-refractivity contribution in [3.8, 4) is 11.5 Å². The molecule has 2 amide bonds. The molecule has 0 radical (unpaired) electrons. The van der Waals surface area contributed by atoms with Crippen molar-refractivity contribution in [3.05, 3.63) is 48.0 Å². The highest BCUT2D eigenvalue weighted by Gasteiger charge is 2.29. The Labute approximate surface area is 198 Å². The van der Waals surface area contributed by atoms with Gasteiger partial charge >= 0.3 is 0 Å².